The highest BCUT2D eigenvalue weighted by molar-refractivity contribution is 7.92. The Balaban J connectivity index is 1.39. The first kappa shape index (κ1) is 34.8. The highest BCUT2D eigenvalue weighted by atomic mass is 32.2. The van der Waals surface area contributed by atoms with Crippen molar-refractivity contribution in [2.75, 3.05) is 31.6 Å². The molecule has 1 saturated heterocycles. The lowest BCUT2D eigenvalue weighted by Crippen LogP contribution is -2.50. The van der Waals surface area contributed by atoms with Gasteiger partial charge in [0.25, 0.3) is 5.91 Å². The second-order valence-corrected chi connectivity index (χ2v) is 13.1. The average molecular weight is 672 g/mol. The summed E-state index contributed by atoms with van der Waals surface area (Å²) in [6.45, 7) is 3.26. The third kappa shape index (κ3) is 7.49. The maximum Gasteiger partial charge on any atom is 0.453 e. The molecule has 0 aromatic heterocycles. The maximum atomic E-state index is 13.2. The van der Waals surface area contributed by atoms with Crippen molar-refractivity contribution in [3.8, 4) is 5.75 Å². The quantitative estimate of drug-likeness (QED) is 0.274. The number of amidine groups is 1. The first-order valence-corrected chi connectivity index (χ1v) is 15.8. The number of carbonyl (C=O) groups is 2. The molecule has 1 spiro atoms. The van der Waals surface area contributed by atoms with Crippen LogP contribution in [0, 0.1) is 13.8 Å². The summed E-state index contributed by atoms with van der Waals surface area (Å²) in [5, 5.41) is 3.82. The number of aryl methyl sites for hydroxylation is 2. The van der Waals surface area contributed by atoms with Gasteiger partial charge in [0.2, 0.25) is 10.0 Å². The van der Waals surface area contributed by atoms with Gasteiger partial charge < -0.3 is 15.8 Å². The SMILES string of the molecule is Cc1cc(N(C)C(N)=O)cc(C)c1C=CS(=O)(=O)N1CCC2(CC1)N=C(c1cccc(OCCCC(F)(F)C(F)(F)F)c1)NC2=O. The van der Waals surface area contributed by atoms with E-state index in [0.29, 0.717) is 16.8 Å². The van der Waals surface area contributed by atoms with Crippen LogP contribution < -0.4 is 20.7 Å². The van der Waals surface area contributed by atoms with E-state index in [1.807, 2.05) is 0 Å². The van der Waals surface area contributed by atoms with Gasteiger partial charge in [0, 0.05) is 43.2 Å². The summed E-state index contributed by atoms with van der Waals surface area (Å²) in [4.78, 5) is 30.4. The molecule has 2 aromatic carbocycles. The predicted octanol–water partition coefficient (Wildman–Crippen LogP) is 4.89. The number of rotatable bonds is 10. The zero-order chi connectivity index (χ0) is 34.1. The molecular weight excluding hydrogens is 637 g/mol. The van der Waals surface area contributed by atoms with Gasteiger partial charge >= 0.3 is 18.1 Å². The highest BCUT2D eigenvalue weighted by Crippen LogP contribution is 2.39. The lowest BCUT2D eigenvalue weighted by atomic mass is 9.89. The number of sulfonamides is 1. The van der Waals surface area contributed by atoms with Crippen LogP contribution in [0.3, 0.4) is 0 Å². The number of anilines is 1. The van der Waals surface area contributed by atoms with Gasteiger partial charge in [-0.15, -0.1) is 0 Å². The third-order valence-electron chi connectivity index (χ3n) is 8.02. The van der Waals surface area contributed by atoms with Crippen LogP contribution in [0.15, 0.2) is 46.8 Å². The smallest absolute Gasteiger partial charge is 0.453 e. The van der Waals surface area contributed by atoms with E-state index in [4.69, 9.17) is 10.5 Å². The Hall–Kier alpha value is -4.05. The number of halogens is 5. The van der Waals surface area contributed by atoms with Crippen molar-refractivity contribution >= 4 is 39.6 Å². The number of piperidine rings is 1. The minimum atomic E-state index is -5.63. The molecular formula is C30H34F5N5O5S. The largest absolute Gasteiger partial charge is 0.494 e. The van der Waals surface area contributed by atoms with Gasteiger partial charge in [-0.1, -0.05) is 12.1 Å². The van der Waals surface area contributed by atoms with Crippen molar-refractivity contribution < 1.29 is 44.7 Å². The lowest BCUT2D eigenvalue weighted by Gasteiger charge is -2.34. The molecule has 250 valence electrons. The zero-order valence-corrected chi connectivity index (χ0v) is 26.1. The number of alkyl halides is 5. The first-order valence-electron chi connectivity index (χ1n) is 14.3. The van der Waals surface area contributed by atoms with Gasteiger partial charge in [-0.3, -0.25) is 14.7 Å². The van der Waals surface area contributed by atoms with E-state index in [0.717, 1.165) is 16.5 Å². The Morgan fingerprint density at radius 2 is 1.76 bits per heavy atom. The van der Waals surface area contributed by atoms with Crippen molar-refractivity contribution in [3.63, 3.8) is 0 Å². The molecule has 3 amide bonds. The number of nitrogens with zero attached hydrogens (tertiary/aromatic N) is 3. The van der Waals surface area contributed by atoms with Crippen LogP contribution in [0.25, 0.3) is 6.08 Å². The molecule has 16 heteroatoms. The van der Waals surface area contributed by atoms with E-state index >= 15 is 0 Å². The number of primary amides is 1. The summed E-state index contributed by atoms with van der Waals surface area (Å²) >= 11 is 0. The third-order valence-corrected chi connectivity index (χ3v) is 9.58. The average Bonchev–Trinajstić information content (AvgIpc) is 3.29. The monoisotopic (exact) mass is 671 g/mol. The molecule has 0 aliphatic carbocycles. The lowest BCUT2D eigenvalue weighted by molar-refractivity contribution is -0.284. The second-order valence-electron chi connectivity index (χ2n) is 11.3. The Morgan fingerprint density at radius 3 is 2.35 bits per heavy atom. The number of hydrogen-bond donors (Lipinski definition) is 2. The summed E-state index contributed by atoms with van der Waals surface area (Å²) in [5.41, 5.74) is 7.32. The fraction of sp³-hybridized carbons (Fsp3) is 0.433. The molecule has 0 radical (unpaired) electrons. The van der Waals surface area contributed by atoms with Crippen molar-refractivity contribution in [2.45, 2.75) is 57.2 Å². The number of amides is 3. The Kier molecular flexibility index (Phi) is 9.83. The van der Waals surface area contributed by atoms with Crippen molar-refractivity contribution in [1.82, 2.24) is 9.62 Å². The molecule has 10 nitrogen and oxygen atoms in total. The molecule has 3 N–H and O–H groups in total. The van der Waals surface area contributed by atoms with Crippen LogP contribution in [0.4, 0.5) is 32.4 Å². The van der Waals surface area contributed by atoms with E-state index in [-0.39, 0.29) is 44.1 Å². The molecule has 2 aliphatic rings. The molecule has 0 bridgehead atoms. The Morgan fingerprint density at radius 1 is 1.13 bits per heavy atom. The Bertz CT molecular complexity index is 1650. The number of ether oxygens (including phenoxy) is 1. The molecule has 0 atom stereocenters. The van der Waals surface area contributed by atoms with Crippen molar-refractivity contribution in [2.24, 2.45) is 10.7 Å². The minimum absolute atomic E-state index is 0.0306. The topological polar surface area (TPSA) is 134 Å². The summed E-state index contributed by atoms with van der Waals surface area (Å²) in [6.07, 6.45) is -5.85. The molecule has 2 aromatic rings. The minimum Gasteiger partial charge on any atom is -0.494 e. The fourth-order valence-electron chi connectivity index (χ4n) is 5.24. The second kappa shape index (κ2) is 13.0. The van der Waals surface area contributed by atoms with Gasteiger partial charge in [-0.05, 0) is 80.1 Å². The normalized spacial score (nSPS) is 17.3. The van der Waals surface area contributed by atoms with Gasteiger partial charge in [0.15, 0.2) is 0 Å². The zero-order valence-electron chi connectivity index (χ0n) is 25.3. The van der Waals surface area contributed by atoms with Crippen LogP contribution in [-0.2, 0) is 14.8 Å². The van der Waals surface area contributed by atoms with Crippen LogP contribution in [0.5, 0.6) is 5.75 Å². The number of benzene rings is 2. The van der Waals surface area contributed by atoms with E-state index in [1.54, 1.807) is 38.1 Å². The van der Waals surface area contributed by atoms with Crippen molar-refractivity contribution in [3.05, 3.63) is 64.1 Å². The Labute approximate surface area is 263 Å². The first-order chi connectivity index (χ1) is 21.3. The van der Waals surface area contributed by atoms with Crippen LogP contribution in [0.2, 0.25) is 0 Å². The predicted molar refractivity (Wildman–Crippen MR) is 162 cm³/mol. The fourth-order valence-corrected chi connectivity index (χ4v) is 6.41. The number of aliphatic imine (C=N–C) groups is 1. The molecule has 46 heavy (non-hydrogen) atoms. The van der Waals surface area contributed by atoms with Gasteiger partial charge in [0.05, 0.1) is 6.61 Å². The molecule has 4 rings (SSSR count). The number of carbonyl (C=O) groups excluding carboxylic acids is 2. The van der Waals surface area contributed by atoms with E-state index in [1.165, 1.54) is 34.5 Å². The van der Waals surface area contributed by atoms with Gasteiger partial charge in [-0.25, -0.2) is 13.2 Å². The van der Waals surface area contributed by atoms with E-state index in [9.17, 15) is 40.0 Å². The summed E-state index contributed by atoms with van der Waals surface area (Å²) in [7, 11) is -2.32. The summed E-state index contributed by atoms with van der Waals surface area (Å²) in [6, 6.07) is 8.98. The van der Waals surface area contributed by atoms with Crippen LogP contribution in [-0.4, -0.2) is 74.9 Å². The number of nitrogens with one attached hydrogen (secondary N) is 1. The summed E-state index contributed by atoms with van der Waals surface area (Å²) in [5.74, 6) is -4.80. The van der Waals surface area contributed by atoms with Crippen LogP contribution >= 0.6 is 0 Å². The maximum absolute atomic E-state index is 13.2. The van der Waals surface area contributed by atoms with Gasteiger partial charge in [0.1, 0.15) is 17.1 Å². The molecule has 2 aliphatic heterocycles. The van der Waals surface area contributed by atoms with Crippen LogP contribution in [0.1, 0.15) is 47.9 Å². The van der Waals surface area contributed by atoms with E-state index in [2.05, 4.69) is 10.3 Å². The highest BCUT2D eigenvalue weighted by Gasteiger charge is 2.56. The van der Waals surface area contributed by atoms with E-state index < -0.39 is 52.4 Å². The molecule has 2 heterocycles. The standard InChI is InChI=1S/C30H34F5N5O5S/c1-19-16-22(39(3)27(36)42)17-20(2)24(19)8-15-46(43,44)40-12-10-28(11-13-40)26(41)37-25(38-28)21-6-4-7-23(18-21)45-14-5-9-29(31,32)30(33,34)35/h4,6-8,15-18H,5,9-14H2,1-3H3,(H2,36,42)(H,37,38,41). The van der Waals surface area contributed by atoms with Gasteiger partial charge in [-0.2, -0.15) is 26.3 Å². The number of hydrogen-bond acceptors (Lipinski definition) is 6. The molecule has 0 unspecified atom stereocenters. The number of urea groups is 1. The van der Waals surface area contributed by atoms with Crippen molar-refractivity contribution in [1.29, 1.82) is 0 Å². The number of nitrogens with two attached hydrogens (primary N) is 1. The molecule has 1 fully saturated rings. The molecule has 0 saturated carbocycles. The summed E-state index contributed by atoms with van der Waals surface area (Å²) < 4.78 is 96.3.